The van der Waals surface area contributed by atoms with Crippen molar-refractivity contribution in [2.75, 3.05) is 6.61 Å². The monoisotopic (exact) mass is 502 g/mol. The minimum atomic E-state index is -0.442. The first kappa shape index (κ1) is 22.2. The lowest BCUT2D eigenvalue weighted by molar-refractivity contribution is -0.123. The second kappa shape index (κ2) is 10.6. The van der Waals surface area contributed by atoms with Crippen LogP contribution in [0.1, 0.15) is 15.9 Å². The third kappa shape index (κ3) is 6.27. The van der Waals surface area contributed by atoms with Crippen LogP contribution in [-0.4, -0.2) is 24.7 Å². The predicted molar refractivity (Wildman–Crippen MR) is 131 cm³/mol. The highest BCUT2D eigenvalue weighted by atomic mass is 79.9. The molecule has 0 unspecified atom stereocenters. The van der Waals surface area contributed by atoms with Crippen LogP contribution in [-0.2, 0) is 4.79 Å². The van der Waals surface area contributed by atoms with Crippen LogP contribution in [0.3, 0.4) is 0 Å². The molecule has 0 fully saturated rings. The molecule has 0 bridgehead atoms. The lowest BCUT2D eigenvalue weighted by Crippen LogP contribution is -2.24. The summed E-state index contributed by atoms with van der Waals surface area (Å²) in [5.41, 5.74) is 3.61. The van der Waals surface area contributed by atoms with E-state index in [1.807, 2.05) is 42.5 Å². The number of ether oxygens (including phenoxy) is 2. The fraction of sp³-hybridized carbons (Fsp3) is 0.0385. The molecule has 164 valence electrons. The van der Waals surface area contributed by atoms with Gasteiger partial charge in [0.1, 0.15) is 11.5 Å². The molecule has 0 aliphatic rings. The van der Waals surface area contributed by atoms with Crippen molar-refractivity contribution in [3.8, 4) is 11.5 Å². The quantitative estimate of drug-likeness (QED) is 0.160. The van der Waals surface area contributed by atoms with Crippen molar-refractivity contribution >= 4 is 44.8 Å². The number of rotatable bonds is 7. The number of nitrogens with zero attached hydrogens (tertiary/aromatic N) is 1. The number of hydrazone groups is 1. The highest BCUT2D eigenvalue weighted by molar-refractivity contribution is 9.10. The third-order valence-electron chi connectivity index (χ3n) is 4.66. The number of hydrogen-bond acceptors (Lipinski definition) is 5. The molecule has 0 radical (unpaired) electrons. The molecule has 0 saturated heterocycles. The van der Waals surface area contributed by atoms with E-state index in [9.17, 15) is 9.59 Å². The van der Waals surface area contributed by atoms with E-state index in [0.29, 0.717) is 17.1 Å². The Kier molecular flexibility index (Phi) is 7.12. The molecule has 0 atom stereocenters. The normalized spacial score (nSPS) is 10.8. The first-order valence-electron chi connectivity index (χ1n) is 10.1. The first-order chi connectivity index (χ1) is 16.1. The minimum Gasteiger partial charge on any atom is -0.484 e. The number of halogens is 1. The van der Waals surface area contributed by atoms with E-state index in [0.717, 1.165) is 20.8 Å². The maximum atomic E-state index is 12.2. The Labute approximate surface area is 199 Å². The number of benzene rings is 4. The number of nitrogens with one attached hydrogen (secondary N) is 1. The van der Waals surface area contributed by atoms with Crippen molar-refractivity contribution in [2.24, 2.45) is 5.10 Å². The summed E-state index contributed by atoms with van der Waals surface area (Å²) in [7, 11) is 0. The van der Waals surface area contributed by atoms with Crippen LogP contribution >= 0.6 is 15.9 Å². The molecule has 0 saturated carbocycles. The van der Waals surface area contributed by atoms with Gasteiger partial charge in [0.2, 0.25) is 0 Å². The summed E-state index contributed by atoms with van der Waals surface area (Å²) < 4.78 is 11.8. The SMILES string of the molecule is O=C(COc1ccc2ccccc2c1)N/N=C\c1ccc(OC(=O)c2ccc(Br)cc2)cc1. The minimum absolute atomic E-state index is 0.152. The van der Waals surface area contributed by atoms with E-state index >= 15 is 0 Å². The van der Waals surface area contributed by atoms with Crippen LogP contribution in [0.2, 0.25) is 0 Å². The van der Waals surface area contributed by atoms with E-state index in [4.69, 9.17) is 9.47 Å². The zero-order chi connectivity index (χ0) is 23.0. The Hall–Kier alpha value is -3.97. The Bertz CT molecular complexity index is 1300. The lowest BCUT2D eigenvalue weighted by atomic mass is 10.1. The van der Waals surface area contributed by atoms with E-state index in [-0.39, 0.29) is 12.5 Å². The van der Waals surface area contributed by atoms with Gasteiger partial charge < -0.3 is 9.47 Å². The molecule has 4 aromatic rings. The molecule has 4 aromatic carbocycles. The molecule has 1 N–H and O–H groups in total. The van der Waals surface area contributed by atoms with Gasteiger partial charge in [-0.15, -0.1) is 0 Å². The van der Waals surface area contributed by atoms with Crippen LogP contribution in [0.5, 0.6) is 11.5 Å². The molecular formula is C26H19BrN2O4. The molecule has 33 heavy (non-hydrogen) atoms. The molecule has 6 nitrogen and oxygen atoms in total. The van der Waals surface area contributed by atoms with Crippen LogP contribution in [0.25, 0.3) is 10.8 Å². The van der Waals surface area contributed by atoms with Gasteiger partial charge in [-0.3, -0.25) is 4.79 Å². The van der Waals surface area contributed by atoms with Gasteiger partial charge in [-0.05, 0) is 77.0 Å². The predicted octanol–water partition coefficient (Wildman–Crippen LogP) is 5.35. The molecule has 0 spiro atoms. The number of carbonyl (C=O) groups is 2. The smallest absolute Gasteiger partial charge is 0.343 e. The number of hydrogen-bond donors (Lipinski definition) is 1. The summed E-state index contributed by atoms with van der Waals surface area (Å²) in [5, 5.41) is 6.08. The van der Waals surface area contributed by atoms with Crippen molar-refractivity contribution in [3.05, 3.63) is 107 Å². The summed E-state index contributed by atoms with van der Waals surface area (Å²) >= 11 is 3.33. The van der Waals surface area contributed by atoms with Gasteiger partial charge in [-0.1, -0.05) is 46.3 Å². The zero-order valence-corrected chi connectivity index (χ0v) is 19.0. The largest absolute Gasteiger partial charge is 0.484 e. The summed E-state index contributed by atoms with van der Waals surface area (Å²) in [6.45, 7) is -0.152. The first-order valence-corrected chi connectivity index (χ1v) is 10.9. The van der Waals surface area contributed by atoms with E-state index < -0.39 is 5.97 Å². The Balaban J connectivity index is 1.25. The summed E-state index contributed by atoms with van der Waals surface area (Å²) in [5.74, 6) is 0.205. The van der Waals surface area contributed by atoms with Gasteiger partial charge in [-0.25, -0.2) is 10.2 Å². The zero-order valence-electron chi connectivity index (χ0n) is 17.4. The summed E-state index contributed by atoms with van der Waals surface area (Å²) in [4.78, 5) is 24.2. The van der Waals surface area contributed by atoms with Crippen LogP contribution < -0.4 is 14.9 Å². The van der Waals surface area contributed by atoms with Gasteiger partial charge in [0.05, 0.1) is 11.8 Å². The molecular weight excluding hydrogens is 484 g/mol. The Morgan fingerprint density at radius 1 is 0.848 bits per heavy atom. The molecule has 0 aromatic heterocycles. The highest BCUT2D eigenvalue weighted by Crippen LogP contribution is 2.20. The topological polar surface area (TPSA) is 77.0 Å². The lowest BCUT2D eigenvalue weighted by Gasteiger charge is -2.06. The second-order valence-electron chi connectivity index (χ2n) is 7.06. The number of fused-ring (bicyclic) bond motifs is 1. The number of carbonyl (C=O) groups excluding carboxylic acids is 2. The van der Waals surface area contributed by atoms with Gasteiger partial charge in [0.25, 0.3) is 5.91 Å². The van der Waals surface area contributed by atoms with Gasteiger partial charge in [0, 0.05) is 4.47 Å². The molecule has 0 aliphatic heterocycles. The van der Waals surface area contributed by atoms with E-state index in [1.54, 1.807) is 48.5 Å². The molecule has 0 aliphatic carbocycles. The van der Waals surface area contributed by atoms with Crippen molar-refractivity contribution < 1.29 is 19.1 Å². The molecule has 0 heterocycles. The maximum Gasteiger partial charge on any atom is 0.343 e. The Morgan fingerprint density at radius 2 is 1.55 bits per heavy atom. The standard InChI is InChI=1S/C26H19BrN2O4/c27-22-10-7-20(8-11-22)26(31)33-23-12-5-18(6-13-23)16-28-29-25(30)17-32-24-14-9-19-3-1-2-4-21(19)15-24/h1-16H,17H2,(H,29,30)/b28-16-. The van der Waals surface area contributed by atoms with Gasteiger partial charge in [-0.2, -0.15) is 5.10 Å². The highest BCUT2D eigenvalue weighted by Gasteiger charge is 2.08. The molecule has 1 amide bonds. The maximum absolute atomic E-state index is 12.2. The average molecular weight is 503 g/mol. The van der Waals surface area contributed by atoms with Gasteiger partial charge >= 0.3 is 5.97 Å². The van der Waals surface area contributed by atoms with E-state index in [2.05, 4.69) is 26.5 Å². The summed E-state index contributed by atoms with van der Waals surface area (Å²) in [6, 6.07) is 27.3. The molecule has 4 rings (SSSR count). The van der Waals surface area contributed by atoms with Crippen molar-refractivity contribution in [1.29, 1.82) is 0 Å². The van der Waals surface area contributed by atoms with E-state index in [1.165, 1.54) is 6.21 Å². The fourth-order valence-corrected chi connectivity index (χ4v) is 3.26. The number of esters is 1. The van der Waals surface area contributed by atoms with Crippen LogP contribution in [0.4, 0.5) is 0 Å². The van der Waals surface area contributed by atoms with Gasteiger partial charge in [0.15, 0.2) is 6.61 Å². The number of amides is 1. The second-order valence-corrected chi connectivity index (χ2v) is 7.97. The van der Waals surface area contributed by atoms with Crippen molar-refractivity contribution in [1.82, 2.24) is 5.43 Å². The van der Waals surface area contributed by atoms with Crippen LogP contribution in [0, 0.1) is 0 Å². The third-order valence-corrected chi connectivity index (χ3v) is 5.19. The van der Waals surface area contributed by atoms with Crippen LogP contribution in [0.15, 0.2) is 101 Å². The summed E-state index contributed by atoms with van der Waals surface area (Å²) in [6.07, 6.45) is 1.49. The average Bonchev–Trinajstić information content (AvgIpc) is 2.84. The van der Waals surface area contributed by atoms with Crippen molar-refractivity contribution in [2.45, 2.75) is 0 Å². The Morgan fingerprint density at radius 3 is 2.30 bits per heavy atom. The fourth-order valence-electron chi connectivity index (χ4n) is 2.99. The van der Waals surface area contributed by atoms with Crippen molar-refractivity contribution in [3.63, 3.8) is 0 Å². The molecule has 7 heteroatoms.